The summed E-state index contributed by atoms with van der Waals surface area (Å²) in [6.07, 6.45) is 4.25. The van der Waals surface area contributed by atoms with Crippen LogP contribution < -0.4 is 0 Å². The minimum atomic E-state index is 0.396. The third-order valence-corrected chi connectivity index (χ3v) is 4.34. The normalized spacial score (nSPS) is 19.1. The van der Waals surface area contributed by atoms with E-state index in [1.165, 1.54) is 25.9 Å². The second kappa shape index (κ2) is 5.96. The fourth-order valence-electron chi connectivity index (χ4n) is 2.32. The van der Waals surface area contributed by atoms with Crippen molar-refractivity contribution in [2.75, 3.05) is 18.4 Å². The zero-order valence-electron chi connectivity index (χ0n) is 10.6. The van der Waals surface area contributed by atoms with Crippen LogP contribution in [0.1, 0.15) is 38.6 Å². The lowest BCUT2D eigenvalue weighted by molar-refractivity contribution is 0.180. The molecular weight excluding hydrogens is 280 g/mol. The third kappa shape index (κ3) is 3.28. The Morgan fingerprint density at radius 2 is 2.12 bits per heavy atom. The highest BCUT2D eigenvalue weighted by Crippen LogP contribution is 2.20. The first-order chi connectivity index (χ1) is 8.20. The van der Waals surface area contributed by atoms with Gasteiger partial charge in [-0.1, -0.05) is 15.9 Å². The molecule has 0 atom stereocenters. The van der Waals surface area contributed by atoms with Crippen LogP contribution in [0, 0.1) is 5.92 Å². The highest BCUT2D eigenvalue weighted by Gasteiger charge is 2.20. The van der Waals surface area contributed by atoms with Gasteiger partial charge in [0.1, 0.15) is 12.2 Å². The molecule has 5 heteroatoms. The van der Waals surface area contributed by atoms with E-state index >= 15 is 0 Å². The molecule has 0 saturated carbocycles. The van der Waals surface area contributed by atoms with E-state index in [0.717, 1.165) is 23.6 Å². The van der Waals surface area contributed by atoms with E-state index in [4.69, 9.17) is 0 Å². The Kier molecular flexibility index (Phi) is 4.56. The van der Waals surface area contributed by atoms with Gasteiger partial charge in [0.2, 0.25) is 0 Å². The molecule has 0 aromatic carbocycles. The third-order valence-electron chi connectivity index (χ3n) is 3.43. The van der Waals surface area contributed by atoms with Crippen molar-refractivity contribution in [1.29, 1.82) is 0 Å². The lowest BCUT2D eigenvalue weighted by Gasteiger charge is -2.30. The van der Waals surface area contributed by atoms with Gasteiger partial charge in [-0.2, -0.15) is 5.10 Å². The van der Waals surface area contributed by atoms with Gasteiger partial charge < -0.3 is 0 Å². The zero-order valence-corrected chi connectivity index (χ0v) is 12.2. The molecule has 0 bridgehead atoms. The number of halogens is 1. The average molecular weight is 301 g/mol. The molecule has 1 aliphatic rings. The van der Waals surface area contributed by atoms with E-state index in [1.807, 2.05) is 4.68 Å². The predicted molar refractivity (Wildman–Crippen MR) is 72.2 cm³/mol. The van der Waals surface area contributed by atoms with Crippen LogP contribution in [-0.4, -0.2) is 38.1 Å². The largest absolute Gasteiger partial charge is 0.296 e. The Bertz CT molecular complexity index is 342. The van der Waals surface area contributed by atoms with E-state index < -0.39 is 0 Å². The van der Waals surface area contributed by atoms with Gasteiger partial charge >= 0.3 is 0 Å². The minimum absolute atomic E-state index is 0.396. The summed E-state index contributed by atoms with van der Waals surface area (Å²) in [4.78, 5) is 6.86. The zero-order chi connectivity index (χ0) is 12.3. The average Bonchev–Trinajstić information content (AvgIpc) is 2.78. The van der Waals surface area contributed by atoms with Crippen molar-refractivity contribution in [2.45, 2.75) is 39.3 Å². The molecule has 1 aromatic rings. The Labute approximate surface area is 112 Å². The molecule has 96 valence electrons. The first-order valence-electron chi connectivity index (χ1n) is 6.37. The van der Waals surface area contributed by atoms with Crippen molar-refractivity contribution >= 4 is 15.9 Å². The minimum Gasteiger partial charge on any atom is -0.296 e. The summed E-state index contributed by atoms with van der Waals surface area (Å²) in [7, 11) is 0. The van der Waals surface area contributed by atoms with Gasteiger partial charge in [0.05, 0.1) is 6.54 Å². The summed E-state index contributed by atoms with van der Waals surface area (Å²) >= 11 is 3.58. The molecule has 0 spiro atoms. The molecule has 0 aliphatic carbocycles. The molecule has 2 rings (SSSR count). The molecule has 2 heterocycles. The Hall–Kier alpha value is -0.420. The topological polar surface area (TPSA) is 34.0 Å². The van der Waals surface area contributed by atoms with E-state index in [0.29, 0.717) is 6.04 Å². The molecule has 1 aromatic heterocycles. The number of piperidine rings is 1. The monoisotopic (exact) mass is 300 g/mol. The van der Waals surface area contributed by atoms with Crippen LogP contribution in [0.4, 0.5) is 0 Å². The predicted octanol–water partition coefficient (Wildman–Crippen LogP) is 2.47. The number of nitrogens with zero attached hydrogens (tertiary/aromatic N) is 4. The molecular formula is C12H21BrN4. The lowest BCUT2D eigenvalue weighted by atomic mass is 9.99. The van der Waals surface area contributed by atoms with E-state index in [2.05, 4.69) is 44.8 Å². The van der Waals surface area contributed by atoms with Crippen LogP contribution in [-0.2, 0) is 6.54 Å². The SMILES string of the molecule is CC(C)n1ncnc1CN1CCC(CBr)CC1. The second-order valence-corrected chi connectivity index (χ2v) is 5.74. The van der Waals surface area contributed by atoms with E-state index in [1.54, 1.807) is 6.33 Å². The van der Waals surface area contributed by atoms with Crippen molar-refractivity contribution in [3.8, 4) is 0 Å². The molecule has 17 heavy (non-hydrogen) atoms. The van der Waals surface area contributed by atoms with Crippen molar-refractivity contribution in [3.63, 3.8) is 0 Å². The maximum absolute atomic E-state index is 4.37. The number of likely N-dealkylation sites (tertiary alicyclic amines) is 1. The van der Waals surface area contributed by atoms with Crippen molar-refractivity contribution in [1.82, 2.24) is 19.7 Å². The summed E-state index contributed by atoms with van der Waals surface area (Å²) in [6.45, 7) is 7.60. The molecule has 1 fully saturated rings. The quantitative estimate of drug-likeness (QED) is 0.801. The Balaban J connectivity index is 1.91. The van der Waals surface area contributed by atoms with Crippen molar-refractivity contribution in [2.24, 2.45) is 5.92 Å². The molecule has 0 radical (unpaired) electrons. The maximum Gasteiger partial charge on any atom is 0.141 e. The smallest absolute Gasteiger partial charge is 0.141 e. The number of hydrogen-bond acceptors (Lipinski definition) is 3. The molecule has 1 saturated heterocycles. The molecule has 0 amide bonds. The van der Waals surface area contributed by atoms with Crippen molar-refractivity contribution in [3.05, 3.63) is 12.2 Å². The summed E-state index contributed by atoms with van der Waals surface area (Å²) in [5.41, 5.74) is 0. The van der Waals surface area contributed by atoms with Gasteiger partial charge in [-0.05, 0) is 45.7 Å². The van der Waals surface area contributed by atoms with Gasteiger partial charge in [-0.25, -0.2) is 9.67 Å². The highest BCUT2D eigenvalue weighted by molar-refractivity contribution is 9.09. The van der Waals surface area contributed by atoms with Crippen LogP contribution in [0.5, 0.6) is 0 Å². The summed E-state index contributed by atoms with van der Waals surface area (Å²) < 4.78 is 2.02. The summed E-state index contributed by atoms with van der Waals surface area (Å²) in [5.74, 6) is 1.95. The van der Waals surface area contributed by atoms with Gasteiger partial charge in [0, 0.05) is 11.4 Å². The summed E-state index contributed by atoms with van der Waals surface area (Å²) in [6, 6.07) is 0.396. The Morgan fingerprint density at radius 3 is 2.71 bits per heavy atom. The molecule has 4 nitrogen and oxygen atoms in total. The standard InChI is InChI=1S/C12H21BrN4/c1-10(2)17-12(14-9-15-17)8-16-5-3-11(7-13)4-6-16/h9-11H,3-8H2,1-2H3. The van der Waals surface area contributed by atoms with Gasteiger partial charge in [-0.3, -0.25) is 4.90 Å². The van der Waals surface area contributed by atoms with E-state index in [-0.39, 0.29) is 0 Å². The lowest BCUT2D eigenvalue weighted by Crippen LogP contribution is -2.34. The number of aromatic nitrogens is 3. The fraction of sp³-hybridized carbons (Fsp3) is 0.833. The summed E-state index contributed by atoms with van der Waals surface area (Å²) in [5, 5.41) is 5.43. The van der Waals surface area contributed by atoms with Crippen molar-refractivity contribution < 1.29 is 0 Å². The van der Waals surface area contributed by atoms with Gasteiger partial charge in [0.25, 0.3) is 0 Å². The number of rotatable bonds is 4. The van der Waals surface area contributed by atoms with Crippen LogP contribution in [0.25, 0.3) is 0 Å². The molecule has 1 aliphatic heterocycles. The van der Waals surface area contributed by atoms with Crippen LogP contribution in [0.15, 0.2) is 6.33 Å². The van der Waals surface area contributed by atoms with E-state index in [9.17, 15) is 0 Å². The van der Waals surface area contributed by atoms with Crippen LogP contribution >= 0.6 is 15.9 Å². The molecule has 0 N–H and O–H groups in total. The van der Waals surface area contributed by atoms with Crippen LogP contribution in [0.2, 0.25) is 0 Å². The highest BCUT2D eigenvalue weighted by atomic mass is 79.9. The molecule has 0 unspecified atom stereocenters. The fourth-order valence-corrected chi connectivity index (χ4v) is 2.96. The van der Waals surface area contributed by atoms with Gasteiger partial charge in [-0.15, -0.1) is 0 Å². The first kappa shape index (κ1) is 13.0. The number of alkyl halides is 1. The Morgan fingerprint density at radius 1 is 1.41 bits per heavy atom. The first-order valence-corrected chi connectivity index (χ1v) is 7.49. The van der Waals surface area contributed by atoms with Gasteiger partial charge in [0.15, 0.2) is 0 Å². The second-order valence-electron chi connectivity index (χ2n) is 5.09. The number of hydrogen-bond donors (Lipinski definition) is 0. The van der Waals surface area contributed by atoms with Crippen LogP contribution in [0.3, 0.4) is 0 Å². The maximum atomic E-state index is 4.37.